The summed E-state index contributed by atoms with van der Waals surface area (Å²) >= 11 is 0. The summed E-state index contributed by atoms with van der Waals surface area (Å²) < 4.78 is 13.1. The molecule has 0 aliphatic rings. The van der Waals surface area contributed by atoms with Crippen molar-refractivity contribution >= 4 is 16.7 Å². The molecule has 0 bridgehead atoms. The zero-order chi connectivity index (χ0) is 16.0. The number of rotatable bonds is 3. The summed E-state index contributed by atoms with van der Waals surface area (Å²) in [5.41, 5.74) is 3.46. The highest BCUT2D eigenvalue weighted by molar-refractivity contribution is 5.91. The van der Waals surface area contributed by atoms with Crippen LogP contribution in [0, 0.1) is 20.8 Å². The molecular formula is C17H16N4O2. The second-order valence-corrected chi connectivity index (χ2v) is 5.56. The number of hydrogen-bond acceptors (Lipinski definition) is 5. The summed E-state index contributed by atoms with van der Waals surface area (Å²) in [6.45, 7) is 6.24. The predicted molar refractivity (Wildman–Crippen MR) is 85.5 cm³/mol. The van der Waals surface area contributed by atoms with E-state index in [9.17, 15) is 0 Å². The maximum Gasteiger partial charge on any atom is 0.231 e. The average Bonchev–Trinajstić information content (AvgIpc) is 3.07. The van der Waals surface area contributed by atoms with Crippen molar-refractivity contribution < 1.29 is 9.15 Å². The minimum absolute atomic E-state index is 0.309. The predicted octanol–water partition coefficient (Wildman–Crippen LogP) is 3.37. The lowest BCUT2D eigenvalue weighted by atomic mass is 10.2. The SMILES string of the molecule is Cc1ccccc1OCc1nc2c3c(C)c(C)oc3ncn2n1. The third-order valence-electron chi connectivity index (χ3n) is 4.00. The molecular weight excluding hydrogens is 292 g/mol. The lowest BCUT2D eigenvalue weighted by Crippen LogP contribution is -1.99. The van der Waals surface area contributed by atoms with Gasteiger partial charge in [0.2, 0.25) is 5.71 Å². The second-order valence-electron chi connectivity index (χ2n) is 5.56. The Bertz CT molecular complexity index is 1020. The van der Waals surface area contributed by atoms with Crippen LogP contribution in [-0.4, -0.2) is 19.6 Å². The van der Waals surface area contributed by atoms with Crippen molar-refractivity contribution in [2.75, 3.05) is 0 Å². The second kappa shape index (κ2) is 5.08. The van der Waals surface area contributed by atoms with Crippen LogP contribution in [0.3, 0.4) is 0 Å². The van der Waals surface area contributed by atoms with Crippen molar-refractivity contribution in [2.24, 2.45) is 0 Å². The lowest BCUT2D eigenvalue weighted by Gasteiger charge is -2.05. The monoisotopic (exact) mass is 308 g/mol. The Kier molecular flexibility index (Phi) is 3.04. The molecule has 0 saturated heterocycles. The molecule has 23 heavy (non-hydrogen) atoms. The Balaban J connectivity index is 1.72. The lowest BCUT2D eigenvalue weighted by molar-refractivity contribution is 0.294. The van der Waals surface area contributed by atoms with E-state index in [1.807, 2.05) is 45.0 Å². The highest BCUT2D eigenvalue weighted by atomic mass is 16.5. The molecule has 0 spiro atoms. The number of aryl methyl sites for hydroxylation is 3. The van der Waals surface area contributed by atoms with Crippen molar-refractivity contribution in [1.82, 2.24) is 19.6 Å². The molecule has 3 heterocycles. The van der Waals surface area contributed by atoms with Gasteiger partial charge in [0.1, 0.15) is 24.4 Å². The molecule has 0 aliphatic carbocycles. The fourth-order valence-corrected chi connectivity index (χ4v) is 2.61. The first-order chi connectivity index (χ1) is 11.1. The molecule has 0 amide bonds. The minimum Gasteiger partial charge on any atom is -0.485 e. The van der Waals surface area contributed by atoms with E-state index < -0.39 is 0 Å². The molecule has 1 aromatic carbocycles. The number of hydrogen-bond donors (Lipinski definition) is 0. The Morgan fingerprint density at radius 2 is 2.00 bits per heavy atom. The number of fused-ring (bicyclic) bond motifs is 3. The van der Waals surface area contributed by atoms with Crippen LogP contribution < -0.4 is 4.74 Å². The van der Waals surface area contributed by atoms with E-state index >= 15 is 0 Å². The highest BCUT2D eigenvalue weighted by Gasteiger charge is 2.15. The Morgan fingerprint density at radius 1 is 1.17 bits per heavy atom. The van der Waals surface area contributed by atoms with Crippen LogP contribution in [0.5, 0.6) is 5.75 Å². The van der Waals surface area contributed by atoms with Gasteiger partial charge in [0.25, 0.3) is 0 Å². The standard InChI is InChI=1S/C17H16N4O2/c1-10-6-4-5-7-13(10)22-8-14-19-16-15-11(2)12(3)23-17(15)18-9-21(16)20-14/h4-7,9H,8H2,1-3H3. The van der Waals surface area contributed by atoms with Crippen molar-refractivity contribution in [2.45, 2.75) is 27.4 Å². The molecule has 0 radical (unpaired) electrons. The molecule has 6 nitrogen and oxygen atoms in total. The Labute approximate surface area is 132 Å². The Morgan fingerprint density at radius 3 is 2.83 bits per heavy atom. The minimum atomic E-state index is 0.309. The number of para-hydroxylation sites is 1. The van der Waals surface area contributed by atoms with Gasteiger partial charge in [-0.15, -0.1) is 5.10 Å². The molecule has 3 aromatic heterocycles. The highest BCUT2D eigenvalue weighted by Crippen LogP contribution is 2.26. The molecule has 0 N–H and O–H groups in total. The van der Waals surface area contributed by atoms with Crippen LogP contribution in [0.2, 0.25) is 0 Å². The molecule has 0 unspecified atom stereocenters. The summed E-state index contributed by atoms with van der Waals surface area (Å²) in [5.74, 6) is 2.30. The van der Waals surface area contributed by atoms with E-state index in [0.717, 1.165) is 33.7 Å². The summed E-state index contributed by atoms with van der Waals surface area (Å²) in [6, 6.07) is 7.88. The largest absolute Gasteiger partial charge is 0.485 e. The fourth-order valence-electron chi connectivity index (χ4n) is 2.61. The molecule has 4 aromatic rings. The molecule has 0 saturated carbocycles. The molecule has 0 atom stereocenters. The fraction of sp³-hybridized carbons (Fsp3) is 0.235. The summed E-state index contributed by atoms with van der Waals surface area (Å²) in [6.07, 6.45) is 1.62. The van der Waals surface area contributed by atoms with Gasteiger partial charge < -0.3 is 9.15 Å². The van der Waals surface area contributed by atoms with Gasteiger partial charge in [-0.2, -0.15) is 0 Å². The maximum atomic E-state index is 5.82. The summed E-state index contributed by atoms with van der Waals surface area (Å²) in [4.78, 5) is 8.88. The van der Waals surface area contributed by atoms with Gasteiger partial charge in [-0.1, -0.05) is 18.2 Å². The van der Waals surface area contributed by atoms with Crippen molar-refractivity contribution in [3.63, 3.8) is 0 Å². The van der Waals surface area contributed by atoms with Gasteiger partial charge in [0.05, 0.1) is 5.39 Å². The third kappa shape index (κ3) is 2.23. The normalized spacial score (nSPS) is 11.4. The van der Waals surface area contributed by atoms with E-state index in [2.05, 4.69) is 15.1 Å². The van der Waals surface area contributed by atoms with Crippen molar-refractivity contribution in [3.8, 4) is 5.75 Å². The number of ether oxygens (including phenoxy) is 1. The van der Waals surface area contributed by atoms with Crippen molar-refractivity contribution in [3.05, 3.63) is 53.3 Å². The Hall–Kier alpha value is -2.89. The number of aromatic nitrogens is 4. The van der Waals surface area contributed by atoms with Gasteiger partial charge in [0.15, 0.2) is 11.5 Å². The van der Waals surface area contributed by atoms with E-state index in [-0.39, 0.29) is 0 Å². The first kappa shape index (κ1) is 13.8. The summed E-state index contributed by atoms with van der Waals surface area (Å²) in [5, 5.41) is 5.34. The molecule has 6 heteroatoms. The van der Waals surface area contributed by atoms with Gasteiger partial charge in [-0.25, -0.2) is 14.5 Å². The molecule has 4 rings (SSSR count). The maximum absolute atomic E-state index is 5.82. The zero-order valence-electron chi connectivity index (χ0n) is 13.2. The average molecular weight is 308 g/mol. The first-order valence-electron chi connectivity index (χ1n) is 7.42. The van der Waals surface area contributed by atoms with Crippen LogP contribution in [-0.2, 0) is 6.61 Å². The van der Waals surface area contributed by atoms with Crippen LogP contribution in [0.4, 0.5) is 0 Å². The van der Waals surface area contributed by atoms with Gasteiger partial charge >= 0.3 is 0 Å². The topological polar surface area (TPSA) is 65.5 Å². The van der Waals surface area contributed by atoms with Gasteiger partial charge in [-0.3, -0.25) is 0 Å². The quantitative estimate of drug-likeness (QED) is 0.580. The van der Waals surface area contributed by atoms with Crippen LogP contribution in [0.15, 0.2) is 35.0 Å². The van der Waals surface area contributed by atoms with Crippen LogP contribution in [0.25, 0.3) is 16.7 Å². The van der Waals surface area contributed by atoms with Crippen LogP contribution >= 0.6 is 0 Å². The molecule has 116 valence electrons. The summed E-state index contributed by atoms with van der Waals surface area (Å²) in [7, 11) is 0. The number of benzene rings is 1. The van der Waals surface area contributed by atoms with Gasteiger partial charge in [-0.05, 0) is 32.4 Å². The van der Waals surface area contributed by atoms with E-state index in [4.69, 9.17) is 9.15 Å². The third-order valence-corrected chi connectivity index (χ3v) is 4.00. The van der Waals surface area contributed by atoms with E-state index in [1.54, 1.807) is 10.8 Å². The number of nitrogens with zero attached hydrogens (tertiary/aromatic N) is 4. The van der Waals surface area contributed by atoms with E-state index in [1.165, 1.54) is 0 Å². The zero-order valence-corrected chi connectivity index (χ0v) is 13.2. The molecule has 0 aliphatic heterocycles. The van der Waals surface area contributed by atoms with Crippen molar-refractivity contribution in [1.29, 1.82) is 0 Å². The molecule has 0 fully saturated rings. The van der Waals surface area contributed by atoms with Gasteiger partial charge in [0, 0.05) is 5.56 Å². The smallest absolute Gasteiger partial charge is 0.231 e. The first-order valence-corrected chi connectivity index (χ1v) is 7.42. The number of furan rings is 1. The van der Waals surface area contributed by atoms with E-state index in [0.29, 0.717) is 18.1 Å². The van der Waals surface area contributed by atoms with Crippen LogP contribution in [0.1, 0.15) is 22.7 Å².